The van der Waals surface area contributed by atoms with E-state index in [1.54, 1.807) is 0 Å². The average Bonchev–Trinajstić information content (AvgIpc) is 3.79. The van der Waals surface area contributed by atoms with E-state index in [-0.39, 0.29) is 0 Å². The first-order valence-corrected chi connectivity index (χ1v) is 19.0. The third-order valence-electron chi connectivity index (χ3n) is 11.3. The molecule has 0 atom stereocenters. The molecule has 0 aliphatic rings. The molecule has 4 nitrogen and oxygen atoms in total. The molecule has 0 saturated carbocycles. The first kappa shape index (κ1) is 30.9. The van der Waals surface area contributed by atoms with E-state index in [9.17, 15) is 0 Å². The smallest absolute Gasteiger partial charge is 0.160 e. The van der Waals surface area contributed by atoms with E-state index < -0.39 is 0 Å². The maximum atomic E-state index is 6.66. The van der Waals surface area contributed by atoms with Gasteiger partial charge < -0.3 is 8.98 Å². The van der Waals surface area contributed by atoms with Gasteiger partial charge in [-0.05, 0) is 87.6 Å². The topological polar surface area (TPSA) is 43.9 Å². The Morgan fingerprint density at radius 3 is 1.52 bits per heavy atom. The maximum absolute atomic E-state index is 6.66. The highest BCUT2D eigenvalue weighted by molar-refractivity contribution is 6.22. The molecule has 0 spiro atoms. The van der Waals surface area contributed by atoms with Crippen LogP contribution in [0.1, 0.15) is 0 Å². The second-order valence-corrected chi connectivity index (χ2v) is 14.6. The summed E-state index contributed by atoms with van der Waals surface area (Å²) < 4.78 is 9.12. The largest absolute Gasteiger partial charge is 0.456 e. The SMILES string of the molecule is c1ccc(-c2cc(-c3ccccc3)nc(-c3ccc4c(c3)oc3ccc5c(-n6c7cc8ccccc8cc7c7cc8ccccc8cc76)cccc5c34)n2)cc1. The Morgan fingerprint density at radius 1 is 0.357 bits per heavy atom. The molecule has 56 heavy (non-hydrogen) atoms. The fourth-order valence-electron chi connectivity index (χ4n) is 8.69. The molecule has 4 heteroatoms. The Hall–Kier alpha value is -7.56. The van der Waals surface area contributed by atoms with Gasteiger partial charge in [-0.25, -0.2) is 9.97 Å². The van der Waals surface area contributed by atoms with E-state index in [1.807, 2.05) is 36.4 Å². The summed E-state index contributed by atoms with van der Waals surface area (Å²) in [6.45, 7) is 0. The number of rotatable bonds is 4. The van der Waals surface area contributed by atoms with Crippen LogP contribution in [-0.4, -0.2) is 14.5 Å². The molecule has 0 aliphatic carbocycles. The van der Waals surface area contributed by atoms with Crippen LogP contribution in [0.15, 0.2) is 192 Å². The monoisotopic (exact) mass is 713 g/mol. The van der Waals surface area contributed by atoms with E-state index in [0.29, 0.717) is 5.82 Å². The maximum Gasteiger partial charge on any atom is 0.160 e. The molecule has 0 saturated heterocycles. The number of fused-ring (bicyclic) bond motifs is 10. The van der Waals surface area contributed by atoms with Crippen LogP contribution in [-0.2, 0) is 0 Å². The minimum absolute atomic E-state index is 0.658. The van der Waals surface area contributed by atoms with Crippen LogP contribution in [0.2, 0.25) is 0 Å². The van der Waals surface area contributed by atoms with Gasteiger partial charge in [-0.3, -0.25) is 0 Å². The van der Waals surface area contributed by atoms with Crippen molar-refractivity contribution >= 4 is 76.1 Å². The predicted molar refractivity (Wildman–Crippen MR) is 232 cm³/mol. The predicted octanol–water partition coefficient (Wildman–Crippen LogP) is 13.9. The van der Waals surface area contributed by atoms with Gasteiger partial charge >= 0.3 is 0 Å². The molecule has 0 unspecified atom stereocenters. The van der Waals surface area contributed by atoms with Gasteiger partial charge in [-0.15, -0.1) is 0 Å². The zero-order valence-electron chi connectivity index (χ0n) is 30.1. The third kappa shape index (κ3) is 4.73. The summed E-state index contributed by atoms with van der Waals surface area (Å²) in [5, 5.41) is 11.9. The highest BCUT2D eigenvalue weighted by Crippen LogP contribution is 2.42. The summed E-state index contributed by atoms with van der Waals surface area (Å²) in [6, 6.07) is 66.7. The van der Waals surface area contributed by atoms with E-state index in [2.05, 4.69) is 156 Å². The standard InChI is InChI=1S/C52H31N3O/c1-3-12-32(13-4-1)44-31-45(33-14-5-2-6-15-33)54-52(53-44)38-22-23-41-50(30-38)56-49-25-24-39-40(51(41)49)20-11-21-46(39)55-47-28-36-18-9-7-16-34(36)26-42(47)43-27-35-17-8-10-19-37(35)29-48(43)55/h1-31H. The molecule has 0 N–H and O–H groups in total. The van der Waals surface area contributed by atoms with Gasteiger partial charge in [0.1, 0.15) is 11.2 Å². The van der Waals surface area contributed by atoms with E-state index >= 15 is 0 Å². The van der Waals surface area contributed by atoms with Crippen LogP contribution in [0.4, 0.5) is 0 Å². The summed E-state index contributed by atoms with van der Waals surface area (Å²) >= 11 is 0. The molecule has 260 valence electrons. The lowest BCUT2D eigenvalue weighted by Crippen LogP contribution is -1.96. The van der Waals surface area contributed by atoms with E-state index in [1.165, 1.54) is 48.7 Å². The van der Waals surface area contributed by atoms with Crippen molar-refractivity contribution in [3.05, 3.63) is 188 Å². The van der Waals surface area contributed by atoms with Gasteiger partial charge in [0.2, 0.25) is 0 Å². The zero-order chi connectivity index (χ0) is 36.7. The van der Waals surface area contributed by atoms with Crippen molar-refractivity contribution < 1.29 is 4.42 Å². The van der Waals surface area contributed by atoms with Crippen LogP contribution in [0.5, 0.6) is 0 Å². The molecule has 0 radical (unpaired) electrons. The Bertz CT molecular complexity index is 3380. The number of furan rings is 1. The highest BCUT2D eigenvalue weighted by atomic mass is 16.3. The van der Waals surface area contributed by atoms with Crippen molar-refractivity contribution in [3.63, 3.8) is 0 Å². The zero-order valence-corrected chi connectivity index (χ0v) is 30.1. The molecule has 9 aromatic carbocycles. The molecule has 12 aromatic rings. The molecule has 3 heterocycles. The van der Waals surface area contributed by atoms with E-state index in [4.69, 9.17) is 14.4 Å². The van der Waals surface area contributed by atoms with Crippen molar-refractivity contribution in [2.75, 3.05) is 0 Å². The second-order valence-electron chi connectivity index (χ2n) is 14.6. The Kier molecular flexibility index (Phi) is 6.60. The van der Waals surface area contributed by atoms with Crippen molar-refractivity contribution in [3.8, 4) is 39.6 Å². The van der Waals surface area contributed by atoms with Crippen LogP contribution in [0.25, 0.3) is 116 Å². The minimum atomic E-state index is 0.658. The average molecular weight is 714 g/mol. The summed E-state index contributed by atoms with van der Waals surface area (Å²) in [4.78, 5) is 10.2. The van der Waals surface area contributed by atoms with Crippen molar-refractivity contribution in [1.82, 2.24) is 14.5 Å². The molecule has 0 bridgehead atoms. The van der Waals surface area contributed by atoms with Gasteiger partial charge in [0.05, 0.1) is 28.1 Å². The lowest BCUT2D eigenvalue weighted by Gasteiger charge is -2.13. The summed E-state index contributed by atoms with van der Waals surface area (Å²) in [5.41, 5.74) is 9.93. The third-order valence-corrected chi connectivity index (χ3v) is 11.3. The number of hydrogen-bond acceptors (Lipinski definition) is 3. The molecule has 0 amide bonds. The first-order chi connectivity index (χ1) is 27.7. The molecule has 12 rings (SSSR count). The van der Waals surface area contributed by atoms with Gasteiger partial charge in [0.15, 0.2) is 5.82 Å². The number of nitrogens with zero attached hydrogens (tertiary/aromatic N) is 3. The Morgan fingerprint density at radius 2 is 0.911 bits per heavy atom. The summed E-state index contributed by atoms with van der Waals surface area (Å²) in [5.74, 6) is 0.658. The molecular formula is C52H31N3O. The Balaban J connectivity index is 1.07. The van der Waals surface area contributed by atoms with E-state index in [0.717, 1.165) is 61.1 Å². The summed E-state index contributed by atoms with van der Waals surface area (Å²) in [7, 11) is 0. The molecule has 0 aliphatic heterocycles. The van der Waals surface area contributed by atoms with Gasteiger partial charge in [0.25, 0.3) is 0 Å². The van der Waals surface area contributed by atoms with Gasteiger partial charge in [-0.2, -0.15) is 0 Å². The Labute approximate surface area is 321 Å². The van der Waals surface area contributed by atoms with Crippen molar-refractivity contribution in [2.45, 2.75) is 0 Å². The van der Waals surface area contributed by atoms with Gasteiger partial charge in [-0.1, -0.05) is 127 Å². The van der Waals surface area contributed by atoms with Crippen LogP contribution < -0.4 is 0 Å². The number of hydrogen-bond donors (Lipinski definition) is 0. The summed E-state index contributed by atoms with van der Waals surface area (Å²) in [6.07, 6.45) is 0. The number of benzene rings is 9. The number of aromatic nitrogens is 3. The fourth-order valence-corrected chi connectivity index (χ4v) is 8.69. The highest BCUT2D eigenvalue weighted by Gasteiger charge is 2.19. The van der Waals surface area contributed by atoms with Gasteiger partial charge in [0, 0.05) is 43.6 Å². The normalized spacial score (nSPS) is 11.9. The molecular weight excluding hydrogens is 683 g/mol. The fraction of sp³-hybridized carbons (Fsp3) is 0. The lowest BCUT2D eigenvalue weighted by molar-refractivity contribution is 0.669. The van der Waals surface area contributed by atoms with Crippen LogP contribution >= 0.6 is 0 Å². The van der Waals surface area contributed by atoms with Crippen molar-refractivity contribution in [1.29, 1.82) is 0 Å². The molecule has 3 aromatic heterocycles. The quantitative estimate of drug-likeness (QED) is 0.182. The second kappa shape index (κ2) is 12.0. The first-order valence-electron chi connectivity index (χ1n) is 19.0. The van der Waals surface area contributed by atoms with Crippen molar-refractivity contribution in [2.24, 2.45) is 0 Å². The minimum Gasteiger partial charge on any atom is -0.456 e. The van der Waals surface area contributed by atoms with Crippen LogP contribution in [0, 0.1) is 0 Å². The molecule has 0 fully saturated rings. The lowest BCUT2D eigenvalue weighted by atomic mass is 10.0. The van der Waals surface area contributed by atoms with Crippen LogP contribution in [0.3, 0.4) is 0 Å².